The van der Waals surface area contributed by atoms with Crippen LogP contribution in [0.5, 0.6) is 0 Å². The molecule has 0 saturated heterocycles. The van der Waals surface area contributed by atoms with Gasteiger partial charge in [-0.15, -0.1) is 0 Å². The molecule has 0 aliphatic rings. The van der Waals surface area contributed by atoms with E-state index in [9.17, 15) is 0 Å². The van der Waals surface area contributed by atoms with Crippen molar-refractivity contribution in [3.8, 4) is 0 Å². The zero-order valence-electron chi connectivity index (χ0n) is 11.8. The molecule has 0 N–H and O–H groups in total. The van der Waals surface area contributed by atoms with Crippen LogP contribution < -0.4 is 0 Å². The minimum absolute atomic E-state index is 0.580. The van der Waals surface area contributed by atoms with Gasteiger partial charge in [0.1, 0.15) is 23.3 Å². The van der Waals surface area contributed by atoms with Gasteiger partial charge in [0.2, 0.25) is 5.82 Å². The van der Waals surface area contributed by atoms with Crippen LogP contribution in [-0.4, -0.2) is 34.8 Å². The van der Waals surface area contributed by atoms with Crippen LogP contribution in [-0.2, 0) is 0 Å². The first-order valence-electron chi connectivity index (χ1n) is 6.58. The second kappa shape index (κ2) is 4.92. The second-order valence-electron chi connectivity index (χ2n) is 4.75. The van der Waals surface area contributed by atoms with Crippen LogP contribution in [0.4, 0.5) is 5.82 Å². The van der Waals surface area contributed by atoms with Crippen LogP contribution in [0.3, 0.4) is 0 Å². The van der Waals surface area contributed by atoms with Gasteiger partial charge in [0.25, 0.3) is 0 Å². The Morgan fingerprint density at radius 1 is 1.25 bits per heavy atom. The molecule has 0 fully saturated rings. The third-order valence-electron chi connectivity index (χ3n) is 3.21. The molecule has 5 nitrogen and oxygen atoms in total. The fourth-order valence-electron chi connectivity index (χ4n) is 2.21. The van der Waals surface area contributed by atoms with Gasteiger partial charge in [-0.1, -0.05) is 19.1 Å². The molecule has 2 aromatic heterocycles. The first-order chi connectivity index (χ1) is 9.70. The summed E-state index contributed by atoms with van der Waals surface area (Å²) in [5, 5.41) is 0.990. The summed E-state index contributed by atoms with van der Waals surface area (Å²) in [5.41, 5.74) is 2.26. The van der Waals surface area contributed by atoms with E-state index < -0.39 is 0 Å². The molecule has 0 spiro atoms. The number of amidine groups is 1. The van der Waals surface area contributed by atoms with E-state index in [1.54, 1.807) is 0 Å². The van der Waals surface area contributed by atoms with E-state index in [0.717, 1.165) is 28.7 Å². The van der Waals surface area contributed by atoms with Crippen LogP contribution in [0, 0.1) is 0 Å². The molecule has 0 aliphatic carbocycles. The Morgan fingerprint density at radius 3 is 2.80 bits per heavy atom. The van der Waals surface area contributed by atoms with E-state index in [2.05, 4.69) is 21.9 Å². The number of hydrogen-bond acceptors (Lipinski definition) is 4. The summed E-state index contributed by atoms with van der Waals surface area (Å²) in [6, 6.07) is 7.84. The fourth-order valence-corrected chi connectivity index (χ4v) is 2.21. The average molecular weight is 268 g/mol. The number of nitrogens with zero attached hydrogens (tertiary/aromatic N) is 4. The lowest BCUT2D eigenvalue weighted by atomic mass is 10.2. The first-order valence-corrected chi connectivity index (χ1v) is 6.58. The van der Waals surface area contributed by atoms with Crippen LogP contribution in [0.1, 0.15) is 13.3 Å². The molecule has 1 aromatic carbocycles. The van der Waals surface area contributed by atoms with Gasteiger partial charge in [-0.25, -0.2) is 15.0 Å². The van der Waals surface area contributed by atoms with Crippen molar-refractivity contribution < 1.29 is 4.42 Å². The summed E-state index contributed by atoms with van der Waals surface area (Å²) >= 11 is 0. The fraction of sp³-hybridized carbons (Fsp3) is 0.267. The van der Waals surface area contributed by atoms with Gasteiger partial charge in [0.05, 0.1) is 0 Å². The van der Waals surface area contributed by atoms with E-state index in [-0.39, 0.29) is 0 Å². The van der Waals surface area contributed by atoms with Gasteiger partial charge >= 0.3 is 0 Å². The minimum atomic E-state index is 0.580. The number of hydrogen-bond donors (Lipinski definition) is 0. The normalized spacial score (nSPS) is 12.2. The maximum absolute atomic E-state index is 5.86. The summed E-state index contributed by atoms with van der Waals surface area (Å²) in [6.45, 7) is 2.07. The standard InChI is InChI=1S/C15H16N4O/c1-4-12(19(2)3)18-15-14-13(16-9-17-15)10-7-5-6-8-11(10)20-14/h5-9H,4H2,1-3H3. The quantitative estimate of drug-likeness (QED) is 0.528. The number of para-hydroxylation sites is 1. The van der Waals surface area contributed by atoms with E-state index in [4.69, 9.17) is 4.42 Å². The highest BCUT2D eigenvalue weighted by Gasteiger charge is 2.13. The maximum atomic E-state index is 5.86. The van der Waals surface area contributed by atoms with Gasteiger partial charge in [-0.3, -0.25) is 0 Å². The van der Waals surface area contributed by atoms with Crippen LogP contribution in [0.25, 0.3) is 22.1 Å². The summed E-state index contributed by atoms with van der Waals surface area (Å²) in [5.74, 6) is 1.53. The second-order valence-corrected chi connectivity index (χ2v) is 4.75. The SMILES string of the molecule is CCC(=Nc1ncnc2c1oc1ccccc12)N(C)C. The molecule has 0 unspecified atom stereocenters. The van der Waals surface area contributed by atoms with Gasteiger partial charge in [-0.2, -0.15) is 0 Å². The Balaban J connectivity index is 2.26. The van der Waals surface area contributed by atoms with E-state index >= 15 is 0 Å². The van der Waals surface area contributed by atoms with Crippen molar-refractivity contribution in [2.24, 2.45) is 4.99 Å². The van der Waals surface area contributed by atoms with Gasteiger partial charge in [-0.05, 0) is 12.1 Å². The number of aromatic nitrogens is 2. The van der Waals surface area contributed by atoms with Crippen molar-refractivity contribution in [1.82, 2.24) is 14.9 Å². The smallest absolute Gasteiger partial charge is 0.201 e. The minimum Gasteiger partial charge on any atom is -0.450 e. The molecular formula is C15H16N4O. The molecule has 0 bridgehead atoms. The van der Waals surface area contributed by atoms with Crippen molar-refractivity contribution in [2.45, 2.75) is 13.3 Å². The van der Waals surface area contributed by atoms with Crippen molar-refractivity contribution in [3.63, 3.8) is 0 Å². The van der Waals surface area contributed by atoms with Crippen molar-refractivity contribution in [2.75, 3.05) is 14.1 Å². The summed E-state index contributed by atoms with van der Waals surface area (Å²) in [4.78, 5) is 15.2. The predicted molar refractivity (Wildman–Crippen MR) is 80.4 cm³/mol. The topological polar surface area (TPSA) is 54.5 Å². The molecule has 20 heavy (non-hydrogen) atoms. The van der Waals surface area contributed by atoms with Crippen molar-refractivity contribution >= 4 is 33.7 Å². The van der Waals surface area contributed by atoms with Gasteiger partial charge in [0, 0.05) is 25.9 Å². The molecule has 2 heterocycles. The van der Waals surface area contributed by atoms with Gasteiger partial charge < -0.3 is 9.32 Å². The van der Waals surface area contributed by atoms with E-state index in [1.165, 1.54) is 6.33 Å². The molecule has 0 radical (unpaired) electrons. The molecule has 0 atom stereocenters. The van der Waals surface area contributed by atoms with Crippen LogP contribution in [0.2, 0.25) is 0 Å². The van der Waals surface area contributed by atoms with Crippen molar-refractivity contribution in [3.05, 3.63) is 30.6 Å². The van der Waals surface area contributed by atoms with Gasteiger partial charge in [0.15, 0.2) is 5.58 Å². The highest BCUT2D eigenvalue weighted by atomic mass is 16.3. The molecule has 102 valence electrons. The maximum Gasteiger partial charge on any atom is 0.201 e. The summed E-state index contributed by atoms with van der Waals surface area (Å²) in [6.07, 6.45) is 2.37. The average Bonchev–Trinajstić information content (AvgIpc) is 2.84. The number of rotatable bonds is 2. The third kappa shape index (κ3) is 2.01. The van der Waals surface area contributed by atoms with Crippen molar-refractivity contribution in [1.29, 1.82) is 0 Å². The molecule has 3 rings (SSSR count). The zero-order valence-corrected chi connectivity index (χ0v) is 11.8. The zero-order chi connectivity index (χ0) is 14.1. The number of benzene rings is 1. The highest BCUT2D eigenvalue weighted by molar-refractivity contribution is 6.05. The largest absolute Gasteiger partial charge is 0.450 e. The molecule has 0 aliphatic heterocycles. The monoisotopic (exact) mass is 268 g/mol. The Kier molecular flexibility index (Phi) is 3.10. The Morgan fingerprint density at radius 2 is 2.05 bits per heavy atom. The summed E-state index contributed by atoms with van der Waals surface area (Å²) in [7, 11) is 3.94. The lowest BCUT2D eigenvalue weighted by Gasteiger charge is -2.13. The molecule has 0 saturated carbocycles. The molecule has 0 amide bonds. The Bertz CT molecular complexity index is 789. The molecular weight excluding hydrogens is 252 g/mol. The number of furan rings is 1. The first kappa shape index (κ1) is 12.6. The lowest BCUT2D eigenvalue weighted by Crippen LogP contribution is -2.20. The van der Waals surface area contributed by atoms with E-state index in [1.807, 2.05) is 43.3 Å². The Hall–Kier alpha value is -2.43. The summed E-state index contributed by atoms with van der Waals surface area (Å²) < 4.78 is 5.86. The van der Waals surface area contributed by atoms with Crippen LogP contribution in [0.15, 0.2) is 40.0 Å². The highest BCUT2D eigenvalue weighted by Crippen LogP contribution is 2.31. The van der Waals surface area contributed by atoms with E-state index in [0.29, 0.717) is 11.4 Å². The number of fused-ring (bicyclic) bond motifs is 3. The molecule has 3 aromatic rings. The number of aliphatic imine (C=N–C) groups is 1. The molecule has 5 heteroatoms. The predicted octanol–water partition coefficient (Wildman–Crippen LogP) is 3.38. The lowest BCUT2D eigenvalue weighted by molar-refractivity contribution is 0.606. The Labute approximate surface area is 117 Å². The third-order valence-corrected chi connectivity index (χ3v) is 3.21. The van der Waals surface area contributed by atoms with Crippen LogP contribution >= 0.6 is 0 Å².